The van der Waals surface area contributed by atoms with Crippen molar-refractivity contribution in [3.63, 3.8) is 0 Å². The van der Waals surface area contributed by atoms with E-state index in [1.807, 2.05) is 23.7 Å². The van der Waals surface area contributed by atoms with Crippen molar-refractivity contribution in [3.05, 3.63) is 29.8 Å². The molecule has 0 unspecified atom stereocenters. The fraction of sp³-hybridized carbons (Fsp3) is 0. The monoisotopic (exact) mass is 163 g/mol. The van der Waals surface area contributed by atoms with Crippen LogP contribution in [0.4, 0.5) is 0 Å². The van der Waals surface area contributed by atoms with E-state index in [-0.39, 0.29) is 0 Å². The molecular formula is C7H5N3S. The largest absolute Gasteiger partial charge is 0.245 e. The van der Waals surface area contributed by atoms with Crippen LogP contribution in [-0.4, -0.2) is 4.98 Å². The van der Waals surface area contributed by atoms with E-state index in [0.29, 0.717) is 0 Å². The molecule has 3 nitrogen and oxygen atoms in total. The summed E-state index contributed by atoms with van der Waals surface area (Å²) >= 11 is 1.68. The van der Waals surface area contributed by atoms with Gasteiger partial charge in [-0.3, -0.25) is 0 Å². The molecule has 1 aromatic heterocycles. The molecule has 0 spiro atoms. The molecule has 54 valence electrons. The zero-order valence-corrected chi connectivity index (χ0v) is 6.45. The van der Waals surface area contributed by atoms with Crippen molar-refractivity contribution < 1.29 is 0 Å². The zero-order valence-electron chi connectivity index (χ0n) is 5.64. The molecule has 4 heteroatoms. The van der Waals surface area contributed by atoms with Gasteiger partial charge in [0.1, 0.15) is 0 Å². The highest BCUT2D eigenvalue weighted by atomic mass is 32.1. The number of nitrogens with zero attached hydrogens (tertiary/aromatic N) is 3. The summed E-state index contributed by atoms with van der Waals surface area (Å²) in [5.41, 5.74) is 2.97. The number of rotatable bonds is 0. The highest BCUT2D eigenvalue weighted by molar-refractivity contribution is 7.16. The van der Waals surface area contributed by atoms with Crippen molar-refractivity contribution in [1.82, 2.24) is 4.98 Å². The molecule has 11 heavy (non-hydrogen) atoms. The molecule has 0 amide bonds. The lowest BCUT2D eigenvalue weighted by Gasteiger charge is -1.80. The maximum Gasteiger partial charge on any atom is 0.0812 e. The maximum atomic E-state index is 6.00. The van der Waals surface area contributed by atoms with Crippen molar-refractivity contribution in [3.8, 4) is 0 Å². The van der Waals surface area contributed by atoms with Gasteiger partial charge in [0, 0.05) is 10.8 Å². The van der Waals surface area contributed by atoms with E-state index in [4.69, 9.17) is 10.8 Å². The first-order valence-corrected chi connectivity index (χ1v) is 3.83. The van der Waals surface area contributed by atoms with Gasteiger partial charge in [0.25, 0.3) is 0 Å². The smallest absolute Gasteiger partial charge is 0.0812 e. The lowest BCUT2D eigenvalue weighted by atomic mass is 10.3. The van der Waals surface area contributed by atoms with Crippen molar-refractivity contribution in [2.75, 3.05) is 0 Å². The molecular weight excluding hydrogens is 158 g/mol. The lowest BCUT2D eigenvalue weighted by Crippen LogP contribution is -1.61. The van der Waals surface area contributed by atoms with Crippen molar-refractivity contribution >= 4 is 21.6 Å². The van der Waals surface area contributed by atoms with Crippen LogP contribution in [0.5, 0.6) is 0 Å². The van der Waals surface area contributed by atoms with E-state index in [9.17, 15) is 0 Å². The molecule has 2 aromatic rings. The van der Waals surface area contributed by atoms with Gasteiger partial charge in [0.2, 0.25) is 0 Å². The van der Waals surface area contributed by atoms with Crippen LogP contribution in [0.1, 0.15) is 0 Å². The molecule has 1 heterocycles. The van der Waals surface area contributed by atoms with Crippen LogP contribution >= 0.6 is 11.3 Å². The van der Waals surface area contributed by atoms with Gasteiger partial charge in [-0.25, -0.2) is 4.98 Å². The number of aromatic nitrogens is 1. The minimum atomic E-state index is 1.10. The summed E-state index contributed by atoms with van der Waals surface area (Å²) in [4.78, 5) is 4.14. The predicted octanol–water partition coefficient (Wildman–Crippen LogP) is 2.33. The van der Waals surface area contributed by atoms with E-state index >= 15 is 0 Å². The topological polar surface area (TPSA) is 60.5 Å². The Morgan fingerprint density at radius 1 is 1.18 bits per heavy atom. The third-order valence-corrected chi connectivity index (χ3v) is 2.05. The molecule has 1 aromatic carbocycles. The molecule has 0 atom stereocenters. The summed E-state index contributed by atoms with van der Waals surface area (Å²) in [5.74, 6) is 0. The molecule has 0 saturated carbocycles. The first-order chi connectivity index (χ1) is 5.47. The number of hydrogen-bond acceptors (Lipinski definition) is 4. The van der Waals surface area contributed by atoms with Gasteiger partial charge in [-0.05, 0) is 12.1 Å². The second-order valence-corrected chi connectivity index (χ2v) is 2.71. The Labute approximate surface area is 67.7 Å². The summed E-state index contributed by atoms with van der Waals surface area (Å²) in [6.45, 7) is 0. The van der Waals surface area contributed by atoms with Gasteiger partial charge >= 0.3 is 0 Å². The third kappa shape index (κ3) is 1.51. The van der Waals surface area contributed by atoms with Gasteiger partial charge in [0.15, 0.2) is 0 Å². The Morgan fingerprint density at radius 2 is 1.91 bits per heavy atom. The van der Waals surface area contributed by atoms with Gasteiger partial charge in [-0.2, -0.15) is 0 Å². The van der Waals surface area contributed by atoms with Crippen LogP contribution in [0.25, 0.3) is 10.2 Å². The van der Waals surface area contributed by atoms with Gasteiger partial charge in [-0.15, -0.1) is 11.3 Å². The average molecular weight is 163 g/mol. The third-order valence-electron chi connectivity index (χ3n) is 1.24. The van der Waals surface area contributed by atoms with Crippen LogP contribution < -0.4 is 0 Å². The average Bonchev–Trinajstić information content (AvgIpc) is 2.55. The Kier molecular flexibility index (Phi) is 2.53. The van der Waals surface area contributed by atoms with E-state index in [2.05, 4.69) is 11.1 Å². The normalized spacial score (nSPS) is 8.55. The van der Waals surface area contributed by atoms with Crippen LogP contribution in [0, 0.1) is 10.8 Å². The van der Waals surface area contributed by atoms with Gasteiger partial charge < -0.3 is 0 Å². The van der Waals surface area contributed by atoms with E-state index in [1.165, 1.54) is 4.70 Å². The van der Waals surface area contributed by atoms with E-state index in [1.54, 1.807) is 11.3 Å². The molecule has 0 aliphatic carbocycles. The molecule has 0 bridgehead atoms. The zero-order chi connectivity index (χ0) is 8.10. The maximum absolute atomic E-state index is 6.00. The number of thiazole rings is 1. The predicted molar refractivity (Wildman–Crippen MR) is 43.1 cm³/mol. The first-order valence-electron chi connectivity index (χ1n) is 2.95. The fourth-order valence-electron chi connectivity index (χ4n) is 0.803. The van der Waals surface area contributed by atoms with Crippen molar-refractivity contribution in [1.29, 1.82) is 10.8 Å². The SMILES string of the molecule is N#N.c1ccc2scnc2c1. The molecule has 0 aliphatic heterocycles. The Balaban J connectivity index is 0.000000281. The Morgan fingerprint density at radius 3 is 2.64 bits per heavy atom. The Hall–Kier alpha value is -1.47. The highest BCUT2D eigenvalue weighted by Gasteiger charge is 1.89. The van der Waals surface area contributed by atoms with E-state index in [0.717, 1.165) is 5.52 Å². The minimum Gasteiger partial charge on any atom is -0.245 e. The van der Waals surface area contributed by atoms with Crippen molar-refractivity contribution in [2.24, 2.45) is 0 Å². The van der Waals surface area contributed by atoms with Crippen LogP contribution in [0.3, 0.4) is 0 Å². The first kappa shape index (κ1) is 7.63. The standard InChI is InChI=1S/C7H5NS.N2/c1-2-4-7-6(3-1)8-5-9-7;1-2/h1-5H;. The lowest BCUT2D eigenvalue weighted by molar-refractivity contribution is 1.15. The molecule has 0 radical (unpaired) electrons. The highest BCUT2D eigenvalue weighted by Crippen LogP contribution is 2.15. The Bertz CT molecular complexity index is 322. The van der Waals surface area contributed by atoms with Gasteiger partial charge in [0.05, 0.1) is 15.7 Å². The number of para-hydroxylation sites is 1. The summed E-state index contributed by atoms with van der Waals surface area (Å²) in [7, 11) is 0. The summed E-state index contributed by atoms with van der Waals surface area (Å²) in [6, 6.07) is 8.13. The second kappa shape index (κ2) is 3.64. The fourth-order valence-corrected chi connectivity index (χ4v) is 1.48. The molecule has 2 rings (SSSR count). The number of fused-ring (bicyclic) bond motifs is 1. The molecule has 0 saturated heterocycles. The number of hydrogen-bond donors (Lipinski definition) is 0. The van der Waals surface area contributed by atoms with Crippen LogP contribution in [0.2, 0.25) is 0 Å². The number of benzene rings is 1. The molecule has 0 fully saturated rings. The van der Waals surface area contributed by atoms with Crippen LogP contribution in [-0.2, 0) is 0 Å². The van der Waals surface area contributed by atoms with Gasteiger partial charge in [-0.1, -0.05) is 12.1 Å². The minimum absolute atomic E-state index is 1.10. The van der Waals surface area contributed by atoms with Crippen molar-refractivity contribution in [2.45, 2.75) is 0 Å². The summed E-state index contributed by atoms with van der Waals surface area (Å²) in [6.07, 6.45) is 0. The second-order valence-electron chi connectivity index (χ2n) is 1.82. The van der Waals surface area contributed by atoms with Crippen LogP contribution in [0.15, 0.2) is 29.8 Å². The summed E-state index contributed by atoms with van der Waals surface area (Å²) in [5, 5.41) is 12.0. The molecule has 0 aliphatic rings. The summed E-state index contributed by atoms with van der Waals surface area (Å²) < 4.78 is 1.26. The quantitative estimate of drug-likeness (QED) is 0.560. The van der Waals surface area contributed by atoms with E-state index < -0.39 is 0 Å². The molecule has 0 N–H and O–H groups in total.